The van der Waals surface area contributed by atoms with E-state index in [4.69, 9.17) is 4.18 Å². The van der Waals surface area contributed by atoms with Crippen molar-refractivity contribution in [2.45, 2.75) is 180 Å². The third kappa shape index (κ3) is 27.3. The van der Waals surface area contributed by atoms with Gasteiger partial charge in [0.15, 0.2) is 0 Å². The fraction of sp³-hybridized carbons (Fsp3) is 1.00. The van der Waals surface area contributed by atoms with Gasteiger partial charge in [0.25, 0.3) is 10.1 Å². The van der Waals surface area contributed by atoms with Gasteiger partial charge in [0, 0.05) is 0 Å². The number of alkyl halides is 1. The second kappa shape index (κ2) is 29.0. The molecule has 1 atom stereocenters. The first kappa shape index (κ1) is 37.6. The fourth-order valence-corrected chi connectivity index (χ4v) is 5.44. The van der Waals surface area contributed by atoms with E-state index in [1.807, 2.05) is 0 Å². The molecule has 0 fully saturated rings. The molecule has 6 heteroatoms. The average Bonchev–Trinajstić information content (AvgIpc) is 2.82. The van der Waals surface area contributed by atoms with E-state index in [9.17, 15) is 12.8 Å². The minimum absolute atomic E-state index is 0. The van der Waals surface area contributed by atoms with Crippen LogP contribution in [0.5, 0.6) is 0 Å². The molecule has 0 aromatic carbocycles. The van der Waals surface area contributed by atoms with Crippen LogP contribution in [-0.2, 0) is 14.3 Å². The van der Waals surface area contributed by atoms with Crippen molar-refractivity contribution in [3.05, 3.63) is 0 Å². The second-order valence-electron chi connectivity index (χ2n) is 10.3. The molecule has 1 unspecified atom stereocenters. The summed E-state index contributed by atoms with van der Waals surface area (Å²) in [6.45, 7) is 4.57. The van der Waals surface area contributed by atoms with Crippen molar-refractivity contribution in [2.75, 3.05) is 6.61 Å². The third-order valence-corrected chi connectivity index (χ3v) is 8.20. The number of unbranched alkanes of at least 4 members (excludes halogenated alkanes) is 22. The Morgan fingerprint density at radius 3 is 1.14 bits per heavy atom. The van der Waals surface area contributed by atoms with Crippen molar-refractivity contribution in [1.29, 1.82) is 0 Å². The molecule has 0 radical (unpaired) electrons. The van der Waals surface area contributed by atoms with Gasteiger partial charge in [-0.3, -0.25) is 4.18 Å². The average molecular weight is 515 g/mol. The van der Waals surface area contributed by atoms with Crippen LogP contribution in [0.4, 0.5) is 4.39 Å². The molecule has 0 bridgehead atoms. The zero-order valence-corrected chi connectivity index (χ0v) is 23.8. The van der Waals surface area contributed by atoms with Crippen LogP contribution in [0, 0.1) is 0 Å². The predicted octanol–water partition coefficient (Wildman–Crippen LogP) is 9.77. The molecule has 0 aliphatic carbocycles. The van der Waals surface area contributed by atoms with Gasteiger partial charge < -0.3 is 0 Å². The molecule has 208 valence electrons. The molecule has 0 saturated carbocycles. The summed E-state index contributed by atoms with van der Waals surface area (Å²) in [7, 11) is -4.05. The number of hydrogen-bond acceptors (Lipinski definition) is 3. The molecule has 0 heterocycles. The third-order valence-electron chi connectivity index (χ3n) is 6.84. The Morgan fingerprint density at radius 1 is 0.514 bits per heavy atom. The predicted molar refractivity (Wildman–Crippen MR) is 154 cm³/mol. The van der Waals surface area contributed by atoms with E-state index in [2.05, 4.69) is 13.8 Å². The zero-order valence-electron chi connectivity index (χ0n) is 23.0. The summed E-state index contributed by atoms with van der Waals surface area (Å²) in [6, 6.07) is 0. The van der Waals surface area contributed by atoms with Gasteiger partial charge in [0.1, 0.15) is 0 Å². The first-order valence-corrected chi connectivity index (χ1v) is 16.5. The van der Waals surface area contributed by atoms with Gasteiger partial charge in [-0.1, -0.05) is 155 Å². The van der Waals surface area contributed by atoms with Crippen LogP contribution in [0.1, 0.15) is 174 Å². The van der Waals surface area contributed by atoms with Crippen molar-refractivity contribution in [3.8, 4) is 0 Å². The van der Waals surface area contributed by atoms with Crippen LogP contribution < -0.4 is 0 Å². The van der Waals surface area contributed by atoms with E-state index in [0.717, 1.165) is 32.1 Å². The van der Waals surface area contributed by atoms with E-state index in [1.165, 1.54) is 109 Å². The number of rotatable bonds is 28. The van der Waals surface area contributed by atoms with Crippen molar-refractivity contribution in [3.63, 3.8) is 0 Å². The zero-order chi connectivity index (χ0) is 25.2. The van der Waals surface area contributed by atoms with Gasteiger partial charge in [0.2, 0.25) is 5.50 Å². The van der Waals surface area contributed by atoms with Crippen LogP contribution in [0.15, 0.2) is 0 Å². The van der Waals surface area contributed by atoms with Crippen LogP contribution >= 0.6 is 0 Å². The molecule has 35 heavy (non-hydrogen) atoms. The fourth-order valence-electron chi connectivity index (χ4n) is 4.48. The molecule has 0 rings (SSSR count). The molecule has 0 aliphatic heterocycles. The van der Waals surface area contributed by atoms with E-state index in [1.54, 1.807) is 0 Å². The Balaban J connectivity index is 0. The summed E-state index contributed by atoms with van der Waals surface area (Å²) in [4.78, 5) is 0. The molecule has 0 saturated heterocycles. The molecule has 0 aromatic heterocycles. The SMILES string of the molecule is CCCCCCCCCCCCCCCCCCCOS(=O)(=O)C(F)CCCCCCCCC.[LiH]. The molecule has 0 spiro atoms. The van der Waals surface area contributed by atoms with Gasteiger partial charge in [-0.25, -0.2) is 4.39 Å². The second-order valence-corrected chi connectivity index (χ2v) is 12.0. The van der Waals surface area contributed by atoms with Crippen molar-refractivity contribution < 1.29 is 17.0 Å². The van der Waals surface area contributed by atoms with Crippen molar-refractivity contribution in [1.82, 2.24) is 0 Å². The Kier molecular flexibility index (Phi) is 31.1. The standard InChI is InChI=1S/C29H59FO3S.Li.H/c1-3-5-7-9-11-12-13-14-15-16-17-18-19-20-22-24-26-28-33-34(31,32)29(30)27-25-23-21-10-8-6-4-2;;/h29H,3-28H2,1-2H3;;. The summed E-state index contributed by atoms with van der Waals surface area (Å²) in [5.41, 5.74) is -1.87. The van der Waals surface area contributed by atoms with Gasteiger partial charge in [-0.2, -0.15) is 8.42 Å². The van der Waals surface area contributed by atoms with Gasteiger partial charge in [0.05, 0.1) is 6.61 Å². The molecule has 0 aromatic rings. The van der Waals surface area contributed by atoms with Gasteiger partial charge in [-0.15, -0.1) is 0 Å². The Hall–Kier alpha value is 0.437. The Labute approximate surface area is 231 Å². The Morgan fingerprint density at radius 2 is 0.800 bits per heavy atom. The van der Waals surface area contributed by atoms with Crippen LogP contribution in [0.25, 0.3) is 0 Å². The normalized spacial score (nSPS) is 12.5. The maximum absolute atomic E-state index is 14.0. The molecule has 0 N–H and O–H groups in total. The number of hydrogen-bond donors (Lipinski definition) is 0. The summed E-state index contributed by atoms with van der Waals surface area (Å²) >= 11 is 0. The van der Waals surface area contributed by atoms with E-state index in [0.29, 0.717) is 12.8 Å². The van der Waals surface area contributed by atoms with E-state index >= 15 is 0 Å². The Bertz CT molecular complexity index is 502. The summed E-state index contributed by atoms with van der Waals surface area (Å²) in [6.07, 6.45) is 29.3. The molecule has 3 nitrogen and oxygen atoms in total. The summed E-state index contributed by atoms with van der Waals surface area (Å²) in [5.74, 6) is 0. The van der Waals surface area contributed by atoms with Crippen molar-refractivity contribution in [2.24, 2.45) is 0 Å². The van der Waals surface area contributed by atoms with Crippen LogP contribution in [-0.4, -0.2) is 39.4 Å². The molecule has 0 aliphatic rings. The molecular weight excluding hydrogens is 454 g/mol. The molecule has 0 amide bonds. The van der Waals surface area contributed by atoms with E-state index < -0.39 is 15.6 Å². The maximum atomic E-state index is 14.0. The van der Waals surface area contributed by atoms with Crippen LogP contribution in [0.3, 0.4) is 0 Å². The first-order valence-electron chi connectivity index (χ1n) is 15.1. The monoisotopic (exact) mass is 514 g/mol. The quantitative estimate of drug-likeness (QED) is 0.0593. The summed E-state index contributed by atoms with van der Waals surface area (Å²) < 4.78 is 42.8. The molecular formula is C29H60FLiO3S. The topological polar surface area (TPSA) is 43.4 Å². The van der Waals surface area contributed by atoms with Crippen LogP contribution in [0.2, 0.25) is 0 Å². The van der Waals surface area contributed by atoms with Gasteiger partial charge in [-0.05, 0) is 19.3 Å². The first-order chi connectivity index (χ1) is 16.5. The number of halogens is 1. The van der Waals surface area contributed by atoms with Gasteiger partial charge >= 0.3 is 18.9 Å². The van der Waals surface area contributed by atoms with E-state index in [-0.39, 0.29) is 31.9 Å². The van der Waals surface area contributed by atoms with Crippen molar-refractivity contribution >= 4 is 29.0 Å². The minimum atomic E-state index is -4.05. The summed E-state index contributed by atoms with van der Waals surface area (Å²) in [5, 5.41) is 0.